The van der Waals surface area contributed by atoms with Gasteiger partial charge in [-0.15, -0.1) is 0 Å². The number of nitrogens with one attached hydrogen (secondary N) is 1. The standard InChI is InChI=1S/C18H28BrNO/c1-17-7-12-6-13(8-17)10-18(9-12,11-17)16(21)20-15-4-2-14(19)3-5-15/h12-15H,2-11H2,1H3,(H,20,21). The average molecular weight is 354 g/mol. The van der Waals surface area contributed by atoms with Gasteiger partial charge >= 0.3 is 0 Å². The average Bonchev–Trinajstić information content (AvgIpc) is 2.38. The molecule has 5 aliphatic carbocycles. The molecule has 0 aromatic carbocycles. The van der Waals surface area contributed by atoms with Crippen LogP contribution in [0.5, 0.6) is 0 Å². The predicted octanol–water partition coefficient (Wildman–Crippen LogP) is 4.42. The first-order valence-electron chi connectivity index (χ1n) is 8.91. The molecule has 2 unspecified atom stereocenters. The molecule has 5 saturated carbocycles. The lowest BCUT2D eigenvalue weighted by Crippen LogP contribution is -2.58. The smallest absolute Gasteiger partial charge is 0.226 e. The number of hydrogen-bond acceptors (Lipinski definition) is 1. The monoisotopic (exact) mass is 353 g/mol. The Bertz CT molecular complexity index is 426. The lowest BCUT2D eigenvalue weighted by molar-refractivity contribution is -0.156. The molecule has 3 heteroatoms. The van der Waals surface area contributed by atoms with Crippen molar-refractivity contribution in [3.63, 3.8) is 0 Å². The molecule has 0 radical (unpaired) electrons. The van der Waals surface area contributed by atoms with E-state index in [2.05, 4.69) is 28.2 Å². The third-order valence-electron chi connectivity index (χ3n) is 6.83. The summed E-state index contributed by atoms with van der Waals surface area (Å²) in [6.07, 6.45) is 12.4. The van der Waals surface area contributed by atoms with Crippen LogP contribution in [0.1, 0.15) is 71.1 Å². The van der Waals surface area contributed by atoms with E-state index in [1.54, 1.807) is 0 Å². The second-order valence-electron chi connectivity index (χ2n) is 8.97. The summed E-state index contributed by atoms with van der Waals surface area (Å²) in [7, 11) is 0. The van der Waals surface area contributed by atoms with Crippen molar-refractivity contribution < 1.29 is 4.79 Å². The molecule has 0 spiro atoms. The highest BCUT2D eigenvalue weighted by Crippen LogP contribution is 2.65. The quantitative estimate of drug-likeness (QED) is 0.731. The van der Waals surface area contributed by atoms with Gasteiger partial charge < -0.3 is 5.32 Å². The van der Waals surface area contributed by atoms with Crippen molar-refractivity contribution in [1.82, 2.24) is 5.32 Å². The van der Waals surface area contributed by atoms with Crippen molar-refractivity contribution in [2.45, 2.75) is 82.0 Å². The third kappa shape index (κ3) is 2.58. The van der Waals surface area contributed by atoms with E-state index >= 15 is 0 Å². The third-order valence-corrected chi connectivity index (χ3v) is 7.74. The number of alkyl halides is 1. The number of rotatable bonds is 2. The first-order valence-corrected chi connectivity index (χ1v) is 9.83. The molecule has 4 bridgehead atoms. The number of hydrogen-bond donors (Lipinski definition) is 1. The van der Waals surface area contributed by atoms with Crippen LogP contribution >= 0.6 is 15.9 Å². The van der Waals surface area contributed by atoms with Gasteiger partial charge in [-0.3, -0.25) is 4.79 Å². The van der Waals surface area contributed by atoms with Crippen LogP contribution < -0.4 is 5.32 Å². The van der Waals surface area contributed by atoms with Crippen molar-refractivity contribution in [2.75, 3.05) is 0 Å². The van der Waals surface area contributed by atoms with E-state index in [-0.39, 0.29) is 5.41 Å². The van der Waals surface area contributed by atoms with Crippen LogP contribution in [0.15, 0.2) is 0 Å². The topological polar surface area (TPSA) is 29.1 Å². The molecule has 5 aliphatic rings. The Kier molecular flexibility index (Phi) is 3.44. The van der Waals surface area contributed by atoms with Gasteiger partial charge in [0, 0.05) is 10.9 Å². The highest BCUT2D eigenvalue weighted by molar-refractivity contribution is 9.09. The predicted molar refractivity (Wildman–Crippen MR) is 88.3 cm³/mol. The van der Waals surface area contributed by atoms with Crippen molar-refractivity contribution in [1.29, 1.82) is 0 Å². The zero-order chi connectivity index (χ0) is 14.7. The SMILES string of the molecule is CC12CC3CC(C1)CC(C(=O)NC1CCC(Br)CC1)(C3)C2. The second-order valence-corrected chi connectivity index (χ2v) is 10.3. The first-order chi connectivity index (χ1) is 9.96. The lowest BCUT2D eigenvalue weighted by Gasteiger charge is -2.60. The number of carbonyl (C=O) groups excluding carboxylic acids is 1. The van der Waals surface area contributed by atoms with Gasteiger partial charge in [0.15, 0.2) is 0 Å². The minimum absolute atomic E-state index is 0.00405. The molecule has 0 heterocycles. The van der Waals surface area contributed by atoms with Gasteiger partial charge in [0.05, 0.1) is 5.41 Å². The minimum atomic E-state index is 0.00405. The van der Waals surface area contributed by atoms with Gasteiger partial charge in [-0.2, -0.15) is 0 Å². The number of carbonyl (C=O) groups is 1. The molecule has 0 aromatic rings. The molecule has 5 fully saturated rings. The summed E-state index contributed by atoms with van der Waals surface area (Å²) in [5, 5.41) is 3.45. The molecule has 1 amide bonds. The van der Waals surface area contributed by atoms with Crippen molar-refractivity contribution in [3.05, 3.63) is 0 Å². The highest BCUT2D eigenvalue weighted by Gasteiger charge is 2.58. The van der Waals surface area contributed by atoms with E-state index in [0.717, 1.165) is 31.1 Å². The normalized spacial score (nSPS) is 51.9. The van der Waals surface area contributed by atoms with E-state index in [1.165, 1.54) is 44.9 Å². The van der Waals surface area contributed by atoms with E-state index < -0.39 is 0 Å². The summed E-state index contributed by atoms with van der Waals surface area (Å²) < 4.78 is 0. The van der Waals surface area contributed by atoms with E-state index in [4.69, 9.17) is 0 Å². The fourth-order valence-electron chi connectivity index (χ4n) is 6.52. The molecule has 1 N–H and O–H groups in total. The Labute approximate surface area is 136 Å². The molecule has 118 valence electrons. The zero-order valence-electron chi connectivity index (χ0n) is 13.2. The van der Waals surface area contributed by atoms with Gasteiger partial charge in [-0.1, -0.05) is 22.9 Å². The van der Waals surface area contributed by atoms with Crippen molar-refractivity contribution in [2.24, 2.45) is 22.7 Å². The number of halogens is 1. The zero-order valence-corrected chi connectivity index (χ0v) is 14.8. The van der Waals surface area contributed by atoms with Gasteiger partial charge in [-0.05, 0) is 81.5 Å². The maximum Gasteiger partial charge on any atom is 0.226 e. The van der Waals surface area contributed by atoms with Crippen LogP contribution in [0, 0.1) is 22.7 Å². The molecule has 21 heavy (non-hydrogen) atoms. The summed E-state index contributed by atoms with van der Waals surface area (Å²) in [6.45, 7) is 2.45. The van der Waals surface area contributed by atoms with Crippen LogP contribution in [0.25, 0.3) is 0 Å². The van der Waals surface area contributed by atoms with Crippen LogP contribution in [0.2, 0.25) is 0 Å². The molecular weight excluding hydrogens is 326 g/mol. The summed E-state index contributed by atoms with van der Waals surface area (Å²) in [4.78, 5) is 13.7. The van der Waals surface area contributed by atoms with Crippen LogP contribution in [-0.2, 0) is 4.79 Å². The molecule has 5 rings (SSSR count). The van der Waals surface area contributed by atoms with Crippen LogP contribution in [-0.4, -0.2) is 16.8 Å². The minimum Gasteiger partial charge on any atom is -0.353 e. The summed E-state index contributed by atoms with van der Waals surface area (Å²) >= 11 is 3.71. The molecule has 0 saturated heterocycles. The largest absolute Gasteiger partial charge is 0.353 e. The Balaban J connectivity index is 1.46. The Morgan fingerprint density at radius 2 is 1.67 bits per heavy atom. The Morgan fingerprint density at radius 3 is 2.24 bits per heavy atom. The Morgan fingerprint density at radius 1 is 1.05 bits per heavy atom. The van der Waals surface area contributed by atoms with Crippen molar-refractivity contribution >= 4 is 21.8 Å². The molecule has 2 atom stereocenters. The molecule has 0 aliphatic heterocycles. The first kappa shape index (κ1) is 14.5. The maximum atomic E-state index is 13.1. The summed E-state index contributed by atoms with van der Waals surface area (Å²) in [5.41, 5.74) is 0.471. The summed E-state index contributed by atoms with van der Waals surface area (Å²) in [5.74, 6) is 2.08. The van der Waals surface area contributed by atoms with E-state index in [9.17, 15) is 4.79 Å². The number of amides is 1. The van der Waals surface area contributed by atoms with Gasteiger partial charge in [-0.25, -0.2) is 0 Å². The molecular formula is C18H28BrNO. The summed E-state index contributed by atoms with van der Waals surface area (Å²) in [6, 6.07) is 0.437. The fraction of sp³-hybridized carbons (Fsp3) is 0.944. The molecule has 0 aromatic heterocycles. The van der Waals surface area contributed by atoms with E-state index in [0.29, 0.717) is 22.2 Å². The lowest BCUT2D eigenvalue weighted by atomic mass is 9.44. The second kappa shape index (κ2) is 4.97. The van der Waals surface area contributed by atoms with Crippen molar-refractivity contribution in [3.8, 4) is 0 Å². The van der Waals surface area contributed by atoms with Crippen LogP contribution in [0.4, 0.5) is 0 Å². The van der Waals surface area contributed by atoms with E-state index in [1.807, 2.05) is 0 Å². The van der Waals surface area contributed by atoms with Gasteiger partial charge in [0.2, 0.25) is 5.91 Å². The highest BCUT2D eigenvalue weighted by atomic mass is 79.9. The van der Waals surface area contributed by atoms with Gasteiger partial charge in [0.25, 0.3) is 0 Å². The maximum absolute atomic E-state index is 13.1. The fourth-order valence-corrected chi connectivity index (χ4v) is 7.05. The Hall–Kier alpha value is -0.0500. The molecule has 2 nitrogen and oxygen atoms in total. The van der Waals surface area contributed by atoms with Crippen LogP contribution in [0.3, 0.4) is 0 Å². The van der Waals surface area contributed by atoms with Gasteiger partial charge in [0.1, 0.15) is 0 Å².